The van der Waals surface area contributed by atoms with Crippen LogP contribution in [0.25, 0.3) is 11.1 Å². The number of allylic oxidation sites excluding steroid dienone is 1. The summed E-state index contributed by atoms with van der Waals surface area (Å²) in [5, 5.41) is 3.50. The molecule has 3 aromatic carbocycles. The Morgan fingerprint density at radius 3 is 2.38 bits per heavy atom. The average molecular weight is 448 g/mol. The minimum absolute atomic E-state index is 0.0614. The number of nitrogens with one attached hydrogen (secondary N) is 1. The first-order valence-electron chi connectivity index (χ1n) is 11.1. The standard InChI is InChI=1S/C29H31ClFN/c1-18-10-13-21(14-11-18)25-17-24(15-12-19(25)2)32-20(3)26-27(29(26,6)30)22-8-7-9-23(16-22)28(4,5)31/h7-17,26-27,32H,3H2,1-2,4-6H3. The monoisotopic (exact) mass is 447 g/mol. The average Bonchev–Trinajstić information content (AvgIpc) is 3.32. The number of rotatable bonds is 6. The molecule has 1 nitrogen and oxygen atoms in total. The molecule has 32 heavy (non-hydrogen) atoms. The zero-order valence-corrected chi connectivity index (χ0v) is 20.2. The Labute approximate surface area is 196 Å². The lowest BCUT2D eigenvalue weighted by Crippen LogP contribution is -2.09. The van der Waals surface area contributed by atoms with Crippen LogP contribution in [-0.2, 0) is 5.67 Å². The van der Waals surface area contributed by atoms with Crippen LogP contribution in [0, 0.1) is 19.8 Å². The summed E-state index contributed by atoms with van der Waals surface area (Å²) < 4.78 is 14.5. The Morgan fingerprint density at radius 2 is 1.72 bits per heavy atom. The molecule has 1 aliphatic rings. The summed E-state index contributed by atoms with van der Waals surface area (Å²) in [6.07, 6.45) is 0. The first-order chi connectivity index (χ1) is 15.0. The molecule has 0 bridgehead atoms. The Bertz CT molecular complexity index is 1150. The molecule has 1 aliphatic carbocycles. The number of alkyl halides is 2. The third-order valence-corrected chi connectivity index (χ3v) is 7.12. The number of halogens is 2. The van der Waals surface area contributed by atoms with Crippen molar-refractivity contribution >= 4 is 17.3 Å². The van der Waals surface area contributed by atoms with E-state index >= 15 is 0 Å². The minimum atomic E-state index is -1.38. The highest BCUT2D eigenvalue weighted by Crippen LogP contribution is 2.64. The van der Waals surface area contributed by atoms with Crippen molar-refractivity contribution in [1.29, 1.82) is 0 Å². The smallest absolute Gasteiger partial charge is 0.130 e. The molecule has 4 rings (SSSR count). The van der Waals surface area contributed by atoms with Crippen molar-refractivity contribution in [2.45, 2.75) is 51.1 Å². The molecule has 0 aromatic heterocycles. The fourth-order valence-corrected chi connectivity index (χ4v) is 5.10. The van der Waals surface area contributed by atoms with E-state index in [1.807, 2.05) is 31.2 Å². The van der Waals surface area contributed by atoms with Crippen molar-refractivity contribution in [3.8, 4) is 11.1 Å². The van der Waals surface area contributed by atoms with Gasteiger partial charge in [0.05, 0.1) is 4.87 Å². The molecule has 1 fully saturated rings. The Kier molecular flexibility index (Phi) is 5.71. The van der Waals surface area contributed by atoms with Gasteiger partial charge in [-0.05, 0) is 74.6 Å². The molecule has 3 aromatic rings. The minimum Gasteiger partial charge on any atom is -0.359 e. The summed E-state index contributed by atoms with van der Waals surface area (Å²) in [6, 6.07) is 22.7. The van der Waals surface area contributed by atoms with Crippen LogP contribution >= 0.6 is 11.6 Å². The first-order valence-corrected chi connectivity index (χ1v) is 11.5. The fraction of sp³-hybridized carbons (Fsp3) is 0.310. The van der Waals surface area contributed by atoms with Crippen LogP contribution in [0.2, 0.25) is 0 Å². The molecule has 3 heteroatoms. The summed E-state index contributed by atoms with van der Waals surface area (Å²) >= 11 is 6.91. The normalized spacial score (nSPS) is 22.5. The van der Waals surface area contributed by atoms with Crippen molar-refractivity contribution in [2.75, 3.05) is 5.32 Å². The van der Waals surface area contributed by atoms with Crippen molar-refractivity contribution in [1.82, 2.24) is 0 Å². The molecular weight excluding hydrogens is 417 g/mol. The van der Waals surface area contributed by atoms with E-state index in [9.17, 15) is 4.39 Å². The van der Waals surface area contributed by atoms with Gasteiger partial charge in [-0.2, -0.15) is 0 Å². The van der Waals surface area contributed by atoms with Crippen LogP contribution in [0.4, 0.5) is 10.1 Å². The van der Waals surface area contributed by atoms with E-state index in [0.717, 1.165) is 16.9 Å². The molecule has 3 unspecified atom stereocenters. The van der Waals surface area contributed by atoms with E-state index in [1.54, 1.807) is 13.8 Å². The number of hydrogen-bond acceptors (Lipinski definition) is 1. The third kappa shape index (κ3) is 4.34. The lowest BCUT2D eigenvalue weighted by atomic mass is 9.96. The fourth-order valence-electron chi connectivity index (χ4n) is 4.65. The molecule has 0 aliphatic heterocycles. The predicted molar refractivity (Wildman–Crippen MR) is 135 cm³/mol. The number of aryl methyl sites for hydroxylation is 2. The van der Waals surface area contributed by atoms with Crippen molar-refractivity contribution in [2.24, 2.45) is 5.92 Å². The van der Waals surface area contributed by atoms with E-state index < -0.39 is 10.5 Å². The summed E-state index contributed by atoms with van der Waals surface area (Å²) in [6.45, 7) is 13.7. The van der Waals surface area contributed by atoms with Gasteiger partial charge in [-0.1, -0.05) is 66.7 Å². The van der Waals surface area contributed by atoms with Gasteiger partial charge in [-0.15, -0.1) is 11.6 Å². The zero-order valence-electron chi connectivity index (χ0n) is 19.5. The van der Waals surface area contributed by atoms with Crippen LogP contribution in [0.5, 0.6) is 0 Å². The SMILES string of the molecule is C=C(Nc1ccc(C)c(-c2ccc(C)cc2)c1)C1C(c2cccc(C(C)(C)F)c2)C1(C)Cl. The second-order valence-corrected chi connectivity index (χ2v) is 10.6. The Morgan fingerprint density at radius 1 is 1.03 bits per heavy atom. The summed E-state index contributed by atoms with van der Waals surface area (Å²) in [5.41, 5.74) is 7.09. The van der Waals surface area contributed by atoms with E-state index in [1.165, 1.54) is 22.3 Å². The summed E-state index contributed by atoms with van der Waals surface area (Å²) in [7, 11) is 0. The van der Waals surface area contributed by atoms with Crippen LogP contribution < -0.4 is 5.32 Å². The van der Waals surface area contributed by atoms with Crippen LogP contribution in [0.1, 0.15) is 48.9 Å². The predicted octanol–water partition coefficient (Wildman–Crippen LogP) is 8.51. The van der Waals surface area contributed by atoms with Gasteiger partial charge in [0.2, 0.25) is 0 Å². The van der Waals surface area contributed by atoms with E-state index in [-0.39, 0.29) is 11.8 Å². The zero-order chi connectivity index (χ0) is 23.3. The molecule has 3 atom stereocenters. The van der Waals surface area contributed by atoms with E-state index in [4.69, 9.17) is 11.6 Å². The Balaban J connectivity index is 1.56. The maximum atomic E-state index is 14.5. The summed E-state index contributed by atoms with van der Waals surface area (Å²) in [5.74, 6) is 0.153. The molecule has 1 saturated carbocycles. The molecule has 166 valence electrons. The maximum Gasteiger partial charge on any atom is 0.130 e. The lowest BCUT2D eigenvalue weighted by Gasteiger charge is -2.16. The topological polar surface area (TPSA) is 12.0 Å². The van der Waals surface area contributed by atoms with Gasteiger partial charge in [-0.25, -0.2) is 4.39 Å². The number of benzene rings is 3. The number of anilines is 1. The molecular formula is C29H31ClFN. The maximum absolute atomic E-state index is 14.5. The second-order valence-electron chi connectivity index (χ2n) is 9.75. The molecule has 1 N–H and O–H groups in total. The first kappa shape index (κ1) is 22.6. The molecule has 0 spiro atoms. The highest BCUT2D eigenvalue weighted by Gasteiger charge is 2.62. The lowest BCUT2D eigenvalue weighted by molar-refractivity contribution is 0.221. The van der Waals surface area contributed by atoms with Crippen molar-refractivity contribution in [3.05, 3.63) is 101 Å². The van der Waals surface area contributed by atoms with Gasteiger partial charge in [0.15, 0.2) is 0 Å². The van der Waals surface area contributed by atoms with Gasteiger partial charge >= 0.3 is 0 Å². The largest absolute Gasteiger partial charge is 0.359 e. The molecule has 0 saturated heterocycles. The second kappa shape index (κ2) is 8.08. The van der Waals surface area contributed by atoms with Crippen LogP contribution in [-0.4, -0.2) is 4.87 Å². The highest BCUT2D eigenvalue weighted by molar-refractivity contribution is 6.27. The van der Waals surface area contributed by atoms with Gasteiger partial charge < -0.3 is 5.32 Å². The molecule has 0 amide bonds. The van der Waals surface area contributed by atoms with Gasteiger partial charge in [0.25, 0.3) is 0 Å². The van der Waals surface area contributed by atoms with Gasteiger partial charge in [-0.3, -0.25) is 0 Å². The van der Waals surface area contributed by atoms with E-state index in [0.29, 0.717) is 5.56 Å². The van der Waals surface area contributed by atoms with Crippen LogP contribution in [0.3, 0.4) is 0 Å². The highest BCUT2D eigenvalue weighted by atomic mass is 35.5. The van der Waals surface area contributed by atoms with Crippen molar-refractivity contribution in [3.63, 3.8) is 0 Å². The van der Waals surface area contributed by atoms with E-state index in [2.05, 4.69) is 68.2 Å². The number of hydrogen-bond donors (Lipinski definition) is 1. The van der Waals surface area contributed by atoms with Gasteiger partial charge in [0.1, 0.15) is 5.67 Å². The summed E-state index contributed by atoms with van der Waals surface area (Å²) in [4.78, 5) is -0.451. The molecule has 0 radical (unpaired) electrons. The quantitative estimate of drug-likeness (QED) is 0.373. The van der Waals surface area contributed by atoms with Gasteiger partial charge in [0, 0.05) is 23.2 Å². The molecule has 0 heterocycles. The van der Waals surface area contributed by atoms with Crippen molar-refractivity contribution < 1.29 is 4.39 Å². The van der Waals surface area contributed by atoms with Crippen LogP contribution in [0.15, 0.2) is 79.0 Å². The Hall–Kier alpha value is -2.58. The third-order valence-electron chi connectivity index (χ3n) is 6.65.